The van der Waals surface area contributed by atoms with Gasteiger partial charge in [-0.2, -0.15) is 23.5 Å². The van der Waals surface area contributed by atoms with Gasteiger partial charge in [-0.15, -0.1) is 0 Å². The zero-order valence-corrected chi connectivity index (χ0v) is 13.2. The smallest absolute Gasteiger partial charge is 0.303 e. The van der Waals surface area contributed by atoms with Gasteiger partial charge in [0.25, 0.3) is 0 Å². The quantitative estimate of drug-likeness (QED) is 0.542. The standard InChI is InChI=1S/C15H24O2S2/c1-18-10-12-11(13-8-9-14(12)19-13)6-4-2-3-5-7-15(16)17/h2,4,11-14H,3,5-10H2,1H3,(H,16,17)/t11-,12+,13-,14+/m1/s1. The lowest BCUT2D eigenvalue weighted by atomic mass is 9.78. The molecule has 0 amide bonds. The normalized spacial score (nSPS) is 33.3. The molecule has 4 atom stereocenters. The third-order valence-electron chi connectivity index (χ3n) is 4.29. The van der Waals surface area contributed by atoms with Crippen molar-refractivity contribution in [3.63, 3.8) is 0 Å². The zero-order valence-electron chi connectivity index (χ0n) is 11.6. The van der Waals surface area contributed by atoms with Crippen molar-refractivity contribution in [1.29, 1.82) is 0 Å². The van der Waals surface area contributed by atoms with Gasteiger partial charge in [-0.05, 0) is 55.9 Å². The van der Waals surface area contributed by atoms with Crippen molar-refractivity contribution in [2.75, 3.05) is 12.0 Å². The number of thioether (sulfide) groups is 2. The summed E-state index contributed by atoms with van der Waals surface area (Å²) in [7, 11) is 0. The fraction of sp³-hybridized carbons (Fsp3) is 0.800. The van der Waals surface area contributed by atoms with Crippen molar-refractivity contribution in [2.45, 2.75) is 49.0 Å². The fourth-order valence-corrected chi connectivity index (χ4v) is 6.36. The molecule has 0 aromatic carbocycles. The molecule has 0 saturated carbocycles. The largest absolute Gasteiger partial charge is 0.481 e. The Hall–Kier alpha value is -0.0900. The summed E-state index contributed by atoms with van der Waals surface area (Å²) in [5, 5.41) is 10.4. The lowest BCUT2D eigenvalue weighted by molar-refractivity contribution is -0.137. The molecule has 0 spiro atoms. The Bertz CT molecular complexity index is 330. The maximum atomic E-state index is 10.4. The summed E-state index contributed by atoms with van der Waals surface area (Å²) in [6.07, 6.45) is 12.7. The number of carboxylic acids is 1. The van der Waals surface area contributed by atoms with E-state index in [-0.39, 0.29) is 0 Å². The van der Waals surface area contributed by atoms with E-state index in [1.807, 2.05) is 11.8 Å². The topological polar surface area (TPSA) is 37.3 Å². The molecule has 2 aliphatic heterocycles. The second kappa shape index (κ2) is 7.63. The molecule has 2 nitrogen and oxygen atoms in total. The first-order valence-corrected chi connectivity index (χ1v) is 9.57. The lowest BCUT2D eigenvalue weighted by Gasteiger charge is -2.28. The number of carbonyl (C=O) groups is 1. The third kappa shape index (κ3) is 4.19. The minimum absolute atomic E-state index is 0.295. The molecule has 0 aromatic heterocycles. The number of unbranched alkanes of at least 4 members (excludes halogenated alkanes) is 1. The van der Waals surface area contributed by atoms with Gasteiger partial charge in [-0.25, -0.2) is 0 Å². The highest BCUT2D eigenvalue weighted by Gasteiger charge is 2.46. The summed E-state index contributed by atoms with van der Waals surface area (Å²) in [6, 6.07) is 0. The van der Waals surface area contributed by atoms with Gasteiger partial charge >= 0.3 is 5.97 Å². The molecule has 0 unspecified atom stereocenters. The number of hydrogen-bond acceptors (Lipinski definition) is 3. The van der Waals surface area contributed by atoms with Gasteiger partial charge < -0.3 is 5.11 Å². The van der Waals surface area contributed by atoms with E-state index in [1.54, 1.807) is 0 Å². The van der Waals surface area contributed by atoms with Crippen LogP contribution in [0.3, 0.4) is 0 Å². The van der Waals surface area contributed by atoms with Crippen LogP contribution in [-0.4, -0.2) is 33.6 Å². The van der Waals surface area contributed by atoms with Crippen molar-refractivity contribution in [3.8, 4) is 0 Å². The van der Waals surface area contributed by atoms with E-state index in [0.717, 1.165) is 35.2 Å². The van der Waals surface area contributed by atoms with E-state index in [0.29, 0.717) is 6.42 Å². The van der Waals surface area contributed by atoms with E-state index in [2.05, 4.69) is 30.2 Å². The number of allylic oxidation sites excluding steroid dienone is 2. The van der Waals surface area contributed by atoms with Gasteiger partial charge in [-0.1, -0.05) is 12.2 Å². The molecule has 2 heterocycles. The van der Waals surface area contributed by atoms with Crippen LogP contribution in [0.1, 0.15) is 38.5 Å². The number of rotatable bonds is 8. The molecule has 4 heteroatoms. The predicted molar refractivity (Wildman–Crippen MR) is 85.0 cm³/mol. The number of aliphatic carboxylic acids is 1. The Balaban J connectivity index is 1.72. The van der Waals surface area contributed by atoms with E-state index in [4.69, 9.17) is 5.11 Å². The zero-order chi connectivity index (χ0) is 13.7. The van der Waals surface area contributed by atoms with Crippen LogP contribution in [0.15, 0.2) is 12.2 Å². The van der Waals surface area contributed by atoms with Crippen molar-refractivity contribution in [1.82, 2.24) is 0 Å². The maximum Gasteiger partial charge on any atom is 0.303 e. The van der Waals surface area contributed by atoms with Crippen LogP contribution >= 0.6 is 23.5 Å². The van der Waals surface area contributed by atoms with Gasteiger partial charge in [0.05, 0.1) is 0 Å². The fourth-order valence-electron chi connectivity index (χ4n) is 3.36. The van der Waals surface area contributed by atoms with Crippen LogP contribution in [0.5, 0.6) is 0 Å². The average molecular weight is 300 g/mol. The van der Waals surface area contributed by atoms with Gasteiger partial charge in [0.15, 0.2) is 0 Å². The van der Waals surface area contributed by atoms with Crippen LogP contribution < -0.4 is 0 Å². The summed E-state index contributed by atoms with van der Waals surface area (Å²) in [6.45, 7) is 0. The molecule has 0 radical (unpaired) electrons. The molecule has 0 aromatic rings. The second-order valence-electron chi connectivity index (χ2n) is 5.57. The van der Waals surface area contributed by atoms with Crippen LogP contribution in [-0.2, 0) is 4.79 Å². The molecule has 2 aliphatic rings. The molecule has 2 bridgehead atoms. The Morgan fingerprint density at radius 2 is 2.05 bits per heavy atom. The van der Waals surface area contributed by atoms with Crippen molar-refractivity contribution < 1.29 is 9.90 Å². The Morgan fingerprint density at radius 1 is 1.32 bits per heavy atom. The average Bonchev–Trinajstić information content (AvgIpc) is 2.95. The highest BCUT2D eigenvalue weighted by Crippen LogP contribution is 2.54. The Labute approximate surface area is 124 Å². The molecule has 108 valence electrons. The van der Waals surface area contributed by atoms with Crippen LogP contribution in [0.4, 0.5) is 0 Å². The van der Waals surface area contributed by atoms with E-state index < -0.39 is 5.97 Å². The van der Waals surface area contributed by atoms with Gasteiger partial charge in [0.2, 0.25) is 0 Å². The minimum atomic E-state index is -0.682. The summed E-state index contributed by atoms with van der Waals surface area (Å²) in [5.41, 5.74) is 0. The molecule has 1 N–H and O–H groups in total. The first-order valence-electron chi connectivity index (χ1n) is 7.23. The van der Waals surface area contributed by atoms with Gasteiger partial charge in [0, 0.05) is 16.9 Å². The molecular formula is C15H24O2S2. The number of carboxylic acid groups (broad SMARTS) is 1. The van der Waals surface area contributed by atoms with Crippen LogP contribution in [0, 0.1) is 11.8 Å². The van der Waals surface area contributed by atoms with Crippen molar-refractivity contribution in [2.24, 2.45) is 11.8 Å². The molecule has 19 heavy (non-hydrogen) atoms. The van der Waals surface area contributed by atoms with E-state index in [1.165, 1.54) is 25.0 Å². The first-order chi connectivity index (χ1) is 9.22. The van der Waals surface area contributed by atoms with Crippen molar-refractivity contribution in [3.05, 3.63) is 12.2 Å². The molecular weight excluding hydrogens is 276 g/mol. The molecule has 2 fully saturated rings. The third-order valence-corrected chi connectivity index (χ3v) is 6.87. The highest BCUT2D eigenvalue weighted by molar-refractivity contribution is 8.01. The van der Waals surface area contributed by atoms with Crippen LogP contribution in [0.2, 0.25) is 0 Å². The summed E-state index contributed by atoms with van der Waals surface area (Å²) in [5.74, 6) is 2.40. The second-order valence-corrected chi connectivity index (χ2v) is 7.96. The van der Waals surface area contributed by atoms with Crippen molar-refractivity contribution >= 4 is 29.5 Å². The molecule has 2 saturated heterocycles. The number of fused-ring (bicyclic) bond motifs is 2. The Morgan fingerprint density at radius 3 is 2.74 bits per heavy atom. The minimum Gasteiger partial charge on any atom is -0.481 e. The predicted octanol–water partition coefficient (Wildman–Crippen LogP) is 4.06. The lowest BCUT2D eigenvalue weighted by Crippen LogP contribution is -2.28. The highest BCUT2D eigenvalue weighted by atomic mass is 32.2. The Kier molecular flexibility index (Phi) is 6.14. The molecule has 0 aliphatic carbocycles. The summed E-state index contributed by atoms with van der Waals surface area (Å²) < 4.78 is 0. The molecule has 2 rings (SSSR count). The van der Waals surface area contributed by atoms with E-state index in [9.17, 15) is 4.79 Å². The van der Waals surface area contributed by atoms with Gasteiger partial charge in [-0.3, -0.25) is 4.79 Å². The SMILES string of the molecule is CSC[C@H]1[C@@H](CC=CCCCC(=O)O)[C@H]2CC[C@@H]1S2. The van der Waals surface area contributed by atoms with Gasteiger partial charge in [0.1, 0.15) is 0 Å². The first kappa shape index (κ1) is 15.3. The monoisotopic (exact) mass is 300 g/mol. The maximum absolute atomic E-state index is 10.4. The summed E-state index contributed by atoms with van der Waals surface area (Å²) in [4.78, 5) is 10.4. The summed E-state index contributed by atoms with van der Waals surface area (Å²) >= 11 is 4.23. The number of hydrogen-bond donors (Lipinski definition) is 1. The van der Waals surface area contributed by atoms with Crippen LogP contribution in [0.25, 0.3) is 0 Å². The van der Waals surface area contributed by atoms with E-state index >= 15 is 0 Å².